The second kappa shape index (κ2) is 4.08. The van der Waals surface area contributed by atoms with Gasteiger partial charge in [0.2, 0.25) is 0 Å². The summed E-state index contributed by atoms with van der Waals surface area (Å²) in [5.74, 6) is 0.994. The van der Waals surface area contributed by atoms with Gasteiger partial charge in [-0.3, -0.25) is 0 Å². The van der Waals surface area contributed by atoms with Crippen LogP contribution < -0.4 is 4.74 Å². The van der Waals surface area contributed by atoms with E-state index in [1.807, 2.05) is 24.3 Å². The zero-order valence-corrected chi connectivity index (χ0v) is 10.4. The number of para-hydroxylation sites is 1. The maximum Gasteiger partial charge on any atom is 0.130 e. The molecule has 0 bridgehead atoms. The Hall–Kier alpha value is -1.47. The summed E-state index contributed by atoms with van der Waals surface area (Å²) < 4.78 is 5.89. The Balaban J connectivity index is 2.18. The summed E-state index contributed by atoms with van der Waals surface area (Å²) in [6.45, 7) is 2.09. The van der Waals surface area contributed by atoms with E-state index in [0.717, 1.165) is 28.3 Å². The summed E-state index contributed by atoms with van der Waals surface area (Å²) in [6, 6.07) is 14.1. The summed E-state index contributed by atoms with van der Waals surface area (Å²) in [5.41, 5.74) is 3.41. The largest absolute Gasteiger partial charge is 0.489 e. The molecule has 3 rings (SSSR count). The van der Waals surface area contributed by atoms with Crippen LogP contribution in [0.1, 0.15) is 12.5 Å². The first-order valence-electron chi connectivity index (χ1n) is 5.79. The van der Waals surface area contributed by atoms with Crippen molar-refractivity contribution < 1.29 is 4.74 Å². The lowest BCUT2D eigenvalue weighted by Gasteiger charge is -2.10. The third-order valence-electron chi connectivity index (χ3n) is 3.09. The van der Waals surface area contributed by atoms with Crippen LogP contribution in [0.3, 0.4) is 0 Å². The van der Waals surface area contributed by atoms with Crippen molar-refractivity contribution in [3.05, 3.63) is 53.1 Å². The van der Waals surface area contributed by atoms with Gasteiger partial charge in [0, 0.05) is 22.6 Å². The summed E-state index contributed by atoms with van der Waals surface area (Å²) in [5, 5.41) is 0.768. The number of fused-ring (bicyclic) bond motifs is 1. The standard InChI is InChI=1S/C15H13ClO/c1-10-9-11-5-4-7-13(15(11)17-10)12-6-2-3-8-14(12)16/h2-8,10H,9H2,1H3. The molecule has 86 valence electrons. The SMILES string of the molecule is CC1Cc2cccc(-c3ccccc3Cl)c2O1. The van der Waals surface area contributed by atoms with Crippen LogP contribution in [0.2, 0.25) is 5.02 Å². The lowest BCUT2D eigenvalue weighted by molar-refractivity contribution is 0.255. The van der Waals surface area contributed by atoms with Gasteiger partial charge in [-0.2, -0.15) is 0 Å². The molecule has 0 saturated carbocycles. The van der Waals surface area contributed by atoms with Crippen molar-refractivity contribution in [3.8, 4) is 16.9 Å². The molecule has 1 aliphatic heterocycles. The quantitative estimate of drug-likeness (QED) is 0.726. The number of halogens is 1. The van der Waals surface area contributed by atoms with E-state index < -0.39 is 0 Å². The molecule has 2 aromatic carbocycles. The maximum absolute atomic E-state index is 6.24. The number of ether oxygens (including phenoxy) is 1. The minimum absolute atomic E-state index is 0.258. The van der Waals surface area contributed by atoms with Gasteiger partial charge in [0.1, 0.15) is 11.9 Å². The monoisotopic (exact) mass is 244 g/mol. The molecule has 2 aromatic rings. The van der Waals surface area contributed by atoms with Gasteiger partial charge in [-0.05, 0) is 18.6 Å². The van der Waals surface area contributed by atoms with Crippen LogP contribution in [0.5, 0.6) is 5.75 Å². The Morgan fingerprint density at radius 3 is 2.65 bits per heavy atom. The molecule has 2 heteroatoms. The molecule has 0 aromatic heterocycles. The predicted molar refractivity (Wildman–Crippen MR) is 70.7 cm³/mol. The predicted octanol–water partition coefficient (Wildman–Crippen LogP) is 4.33. The Morgan fingerprint density at radius 2 is 1.82 bits per heavy atom. The zero-order valence-electron chi connectivity index (χ0n) is 9.61. The van der Waals surface area contributed by atoms with Gasteiger partial charge < -0.3 is 4.74 Å². The van der Waals surface area contributed by atoms with Crippen LogP contribution in [0.25, 0.3) is 11.1 Å². The number of hydrogen-bond donors (Lipinski definition) is 0. The van der Waals surface area contributed by atoms with Gasteiger partial charge in [0.25, 0.3) is 0 Å². The van der Waals surface area contributed by atoms with Crippen LogP contribution in [0.15, 0.2) is 42.5 Å². The second-order valence-electron chi connectivity index (χ2n) is 4.41. The van der Waals surface area contributed by atoms with Crippen molar-refractivity contribution in [2.24, 2.45) is 0 Å². The molecule has 1 aliphatic rings. The van der Waals surface area contributed by atoms with Gasteiger partial charge >= 0.3 is 0 Å². The highest BCUT2D eigenvalue weighted by molar-refractivity contribution is 6.33. The van der Waals surface area contributed by atoms with Crippen molar-refractivity contribution in [2.75, 3.05) is 0 Å². The summed E-state index contributed by atoms with van der Waals surface area (Å²) >= 11 is 6.24. The molecule has 0 saturated heterocycles. The molecular weight excluding hydrogens is 232 g/mol. The van der Waals surface area contributed by atoms with Gasteiger partial charge in [-0.15, -0.1) is 0 Å². The Bertz CT molecular complexity index is 563. The van der Waals surface area contributed by atoms with E-state index in [9.17, 15) is 0 Å². The second-order valence-corrected chi connectivity index (χ2v) is 4.81. The minimum atomic E-state index is 0.258. The Kier molecular flexibility index (Phi) is 2.56. The van der Waals surface area contributed by atoms with Crippen molar-refractivity contribution in [1.29, 1.82) is 0 Å². The van der Waals surface area contributed by atoms with Crippen molar-refractivity contribution in [1.82, 2.24) is 0 Å². The number of hydrogen-bond acceptors (Lipinski definition) is 1. The molecule has 1 nitrogen and oxygen atoms in total. The van der Waals surface area contributed by atoms with E-state index >= 15 is 0 Å². The number of rotatable bonds is 1. The lowest BCUT2D eigenvalue weighted by Crippen LogP contribution is -2.05. The van der Waals surface area contributed by atoms with Crippen LogP contribution >= 0.6 is 11.6 Å². The first-order chi connectivity index (χ1) is 8.25. The molecule has 0 fully saturated rings. The fraction of sp³-hybridized carbons (Fsp3) is 0.200. The molecule has 0 radical (unpaired) electrons. The fourth-order valence-corrected chi connectivity index (χ4v) is 2.57. The smallest absolute Gasteiger partial charge is 0.130 e. The summed E-state index contributed by atoms with van der Waals surface area (Å²) in [6.07, 6.45) is 1.24. The molecule has 1 unspecified atom stereocenters. The molecule has 0 N–H and O–H groups in total. The molecule has 0 aliphatic carbocycles. The summed E-state index contributed by atoms with van der Waals surface area (Å²) in [7, 11) is 0. The third kappa shape index (κ3) is 1.81. The van der Waals surface area contributed by atoms with Gasteiger partial charge in [-0.1, -0.05) is 48.0 Å². The fourth-order valence-electron chi connectivity index (χ4n) is 2.33. The average Bonchev–Trinajstić information content (AvgIpc) is 2.70. The lowest BCUT2D eigenvalue weighted by atomic mass is 10.0. The van der Waals surface area contributed by atoms with Gasteiger partial charge in [-0.25, -0.2) is 0 Å². The van der Waals surface area contributed by atoms with Crippen molar-refractivity contribution >= 4 is 11.6 Å². The summed E-state index contributed by atoms with van der Waals surface area (Å²) in [4.78, 5) is 0. The molecule has 0 amide bonds. The first kappa shape index (κ1) is 10.7. The van der Waals surface area contributed by atoms with E-state index in [-0.39, 0.29) is 6.10 Å². The van der Waals surface area contributed by atoms with E-state index in [4.69, 9.17) is 16.3 Å². The van der Waals surface area contributed by atoms with Crippen LogP contribution in [0.4, 0.5) is 0 Å². The van der Waals surface area contributed by atoms with Gasteiger partial charge in [0.05, 0.1) is 0 Å². The highest BCUT2D eigenvalue weighted by Crippen LogP contribution is 2.40. The molecule has 17 heavy (non-hydrogen) atoms. The van der Waals surface area contributed by atoms with Crippen LogP contribution in [0, 0.1) is 0 Å². The minimum Gasteiger partial charge on any atom is -0.489 e. The molecule has 0 spiro atoms. The Morgan fingerprint density at radius 1 is 1.06 bits per heavy atom. The van der Waals surface area contributed by atoms with E-state index in [1.165, 1.54) is 5.56 Å². The maximum atomic E-state index is 6.24. The van der Waals surface area contributed by atoms with Gasteiger partial charge in [0.15, 0.2) is 0 Å². The number of benzene rings is 2. The third-order valence-corrected chi connectivity index (χ3v) is 3.42. The normalized spacial score (nSPS) is 17.6. The molecule has 1 heterocycles. The molecule has 1 atom stereocenters. The average molecular weight is 245 g/mol. The van der Waals surface area contributed by atoms with E-state index in [0.29, 0.717) is 0 Å². The van der Waals surface area contributed by atoms with Crippen LogP contribution in [-0.2, 0) is 6.42 Å². The highest BCUT2D eigenvalue weighted by Gasteiger charge is 2.22. The van der Waals surface area contributed by atoms with E-state index in [2.05, 4.69) is 25.1 Å². The van der Waals surface area contributed by atoms with Crippen molar-refractivity contribution in [3.63, 3.8) is 0 Å². The first-order valence-corrected chi connectivity index (χ1v) is 6.17. The topological polar surface area (TPSA) is 9.23 Å². The Labute approximate surface area is 106 Å². The molecular formula is C15H13ClO. The van der Waals surface area contributed by atoms with Crippen LogP contribution in [-0.4, -0.2) is 6.10 Å². The van der Waals surface area contributed by atoms with Crippen molar-refractivity contribution in [2.45, 2.75) is 19.4 Å². The van der Waals surface area contributed by atoms with E-state index in [1.54, 1.807) is 0 Å². The highest BCUT2D eigenvalue weighted by atomic mass is 35.5. The zero-order chi connectivity index (χ0) is 11.8.